The Morgan fingerprint density at radius 1 is 1.39 bits per heavy atom. The van der Waals surface area contributed by atoms with Crippen molar-refractivity contribution < 1.29 is 14.3 Å². The van der Waals surface area contributed by atoms with Crippen molar-refractivity contribution in [3.05, 3.63) is 64.7 Å². The highest BCUT2D eigenvalue weighted by atomic mass is 16.4. The van der Waals surface area contributed by atoms with E-state index in [1.54, 1.807) is 12.2 Å². The Kier molecular flexibility index (Phi) is 5.43. The fourth-order valence-corrected chi connectivity index (χ4v) is 2.75. The molecule has 0 unspecified atom stereocenters. The van der Waals surface area contributed by atoms with Gasteiger partial charge in [0.05, 0.1) is 0 Å². The number of aryl methyl sites for hydroxylation is 1. The molecule has 1 aromatic rings. The van der Waals surface area contributed by atoms with Crippen molar-refractivity contribution in [2.45, 2.75) is 40.0 Å². The summed E-state index contributed by atoms with van der Waals surface area (Å²) < 4.78 is 5.97. The maximum absolute atomic E-state index is 11.4. The van der Waals surface area contributed by atoms with E-state index in [4.69, 9.17) is 4.42 Å². The van der Waals surface area contributed by atoms with Crippen LogP contribution in [0.25, 0.3) is 6.08 Å². The van der Waals surface area contributed by atoms with Crippen LogP contribution < -0.4 is 0 Å². The van der Waals surface area contributed by atoms with Gasteiger partial charge in [-0.1, -0.05) is 30.4 Å². The van der Waals surface area contributed by atoms with E-state index >= 15 is 0 Å². The van der Waals surface area contributed by atoms with Crippen LogP contribution in [-0.4, -0.2) is 11.1 Å². The molecule has 1 N–H and O–H groups in total. The molecule has 2 bridgehead atoms. The number of rotatable bonds is 2. The number of carbonyl (C=O) groups is 1. The lowest BCUT2D eigenvalue weighted by Gasteiger charge is -2.16. The topological polar surface area (TPSA) is 50.4 Å². The number of allylic oxidation sites excluding steroid dienone is 5. The lowest BCUT2D eigenvalue weighted by Crippen LogP contribution is -2.09. The van der Waals surface area contributed by atoms with Crippen molar-refractivity contribution in [1.82, 2.24) is 0 Å². The first-order valence-corrected chi connectivity index (χ1v) is 7.90. The molecular weight excluding hydrogens is 288 g/mol. The lowest BCUT2D eigenvalue weighted by atomic mass is 9.89. The molecule has 0 radical (unpaired) electrons. The minimum absolute atomic E-state index is 0.213. The summed E-state index contributed by atoms with van der Waals surface area (Å²) in [6, 6.07) is 2.05. The Bertz CT molecular complexity index is 698. The van der Waals surface area contributed by atoms with Crippen molar-refractivity contribution in [3.8, 4) is 0 Å². The molecule has 3 heteroatoms. The highest BCUT2D eigenvalue weighted by Crippen LogP contribution is 2.27. The van der Waals surface area contributed by atoms with Crippen molar-refractivity contribution in [2.24, 2.45) is 5.92 Å². The van der Waals surface area contributed by atoms with E-state index in [1.165, 1.54) is 0 Å². The molecule has 1 atom stereocenters. The fraction of sp³-hybridized carbons (Fsp3) is 0.350. The predicted octanol–water partition coefficient (Wildman–Crippen LogP) is 5.09. The largest absolute Gasteiger partial charge is 0.478 e. The summed E-state index contributed by atoms with van der Waals surface area (Å²) in [5, 5.41) is 9.35. The average Bonchev–Trinajstić information content (AvgIpc) is 2.79. The first kappa shape index (κ1) is 17.1. The second-order valence-corrected chi connectivity index (χ2v) is 6.29. The van der Waals surface area contributed by atoms with Crippen LogP contribution in [0.1, 0.15) is 43.8 Å². The molecule has 2 rings (SSSR count). The first-order chi connectivity index (χ1) is 10.9. The molecule has 0 fully saturated rings. The average molecular weight is 312 g/mol. The smallest absolute Gasteiger partial charge is 0.331 e. The van der Waals surface area contributed by atoms with Gasteiger partial charge in [-0.05, 0) is 62.8 Å². The van der Waals surface area contributed by atoms with E-state index in [0.29, 0.717) is 12.0 Å². The van der Waals surface area contributed by atoms with Gasteiger partial charge >= 0.3 is 5.97 Å². The van der Waals surface area contributed by atoms with Gasteiger partial charge in [0, 0.05) is 12.0 Å². The second kappa shape index (κ2) is 7.32. The number of carboxylic acid groups (broad SMARTS) is 1. The van der Waals surface area contributed by atoms with E-state index < -0.39 is 5.97 Å². The van der Waals surface area contributed by atoms with Crippen LogP contribution in [0.4, 0.5) is 0 Å². The molecule has 0 amide bonds. The zero-order valence-corrected chi connectivity index (χ0v) is 14.1. The summed E-state index contributed by atoms with van der Waals surface area (Å²) in [5.41, 5.74) is 3.63. The molecule has 0 aliphatic carbocycles. The Morgan fingerprint density at radius 2 is 2.13 bits per heavy atom. The number of hydrogen-bond acceptors (Lipinski definition) is 2. The van der Waals surface area contributed by atoms with E-state index in [9.17, 15) is 9.90 Å². The molecule has 0 saturated heterocycles. The number of carboxylic acids is 1. The van der Waals surface area contributed by atoms with Crippen LogP contribution >= 0.6 is 0 Å². The zero-order valence-electron chi connectivity index (χ0n) is 14.1. The van der Waals surface area contributed by atoms with Gasteiger partial charge in [0.25, 0.3) is 0 Å². The van der Waals surface area contributed by atoms with Crippen LogP contribution in [0.3, 0.4) is 0 Å². The number of furan rings is 1. The summed E-state index contributed by atoms with van der Waals surface area (Å²) in [5.74, 6) is 1.15. The molecule has 0 aromatic carbocycles. The van der Waals surface area contributed by atoms with Crippen LogP contribution in [0.15, 0.2) is 52.0 Å². The van der Waals surface area contributed by atoms with E-state index in [2.05, 4.69) is 6.58 Å². The zero-order chi connectivity index (χ0) is 17.0. The standard InChI is InChI=1S/C20H24O3/c1-13(2)17-9-8-16(20(21)22)7-5-6-14(3)10-18-11-15(4)19(12-17)23-18/h5-7,10-11,17H,1,8-9,12H2,2-4H3,(H,21,22)/b6-5+,14-10-,16-7+/t17-/m0/s1. The van der Waals surface area contributed by atoms with Gasteiger partial charge in [0.15, 0.2) is 0 Å². The van der Waals surface area contributed by atoms with Crippen LogP contribution in [0.2, 0.25) is 0 Å². The highest BCUT2D eigenvalue weighted by molar-refractivity contribution is 5.86. The van der Waals surface area contributed by atoms with Gasteiger partial charge in [-0.3, -0.25) is 0 Å². The van der Waals surface area contributed by atoms with Crippen molar-refractivity contribution in [3.63, 3.8) is 0 Å². The van der Waals surface area contributed by atoms with E-state index in [1.807, 2.05) is 39.0 Å². The molecule has 0 saturated carbocycles. The summed E-state index contributed by atoms with van der Waals surface area (Å²) >= 11 is 0. The third kappa shape index (κ3) is 4.59. The maximum Gasteiger partial charge on any atom is 0.331 e. The maximum atomic E-state index is 11.4. The van der Waals surface area contributed by atoms with Gasteiger partial charge in [-0.2, -0.15) is 0 Å². The predicted molar refractivity (Wildman–Crippen MR) is 93.2 cm³/mol. The Labute approximate surface area is 137 Å². The second-order valence-electron chi connectivity index (χ2n) is 6.29. The normalized spacial score (nSPS) is 24.9. The van der Waals surface area contributed by atoms with E-state index in [-0.39, 0.29) is 5.92 Å². The van der Waals surface area contributed by atoms with Gasteiger partial charge in [-0.15, -0.1) is 0 Å². The number of aliphatic carboxylic acids is 1. The van der Waals surface area contributed by atoms with Gasteiger partial charge in [0.1, 0.15) is 11.5 Å². The molecule has 122 valence electrons. The SMILES string of the molecule is C=C(C)[C@H]1CC\C(C(=O)O)=C/C=C/C(C)=C\c2cc(C)c(o2)C1. The van der Waals surface area contributed by atoms with E-state index in [0.717, 1.165) is 41.1 Å². The minimum Gasteiger partial charge on any atom is -0.478 e. The van der Waals surface area contributed by atoms with Crippen LogP contribution in [-0.2, 0) is 11.2 Å². The Hall–Kier alpha value is -2.29. The number of fused-ring (bicyclic) bond motifs is 2. The summed E-state index contributed by atoms with van der Waals surface area (Å²) in [7, 11) is 0. The van der Waals surface area contributed by atoms with Crippen LogP contribution in [0.5, 0.6) is 0 Å². The Balaban J connectivity index is 2.42. The number of hydrogen-bond donors (Lipinski definition) is 1. The fourth-order valence-electron chi connectivity index (χ4n) is 2.75. The lowest BCUT2D eigenvalue weighted by molar-refractivity contribution is -0.132. The van der Waals surface area contributed by atoms with Crippen LogP contribution in [0, 0.1) is 12.8 Å². The molecule has 3 nitrogen and oxygen atoms in total. The van der Waals surface area contributed by atoms with Gasteiger partial charge in [-0.25, -0.2) is 4.79 Å². The summed E-state index contributed by atoms with van der Waals surface area (Å²) in [6.07, 6.45) is 9.37. The first-order valence-electron chi connectivity index (χ1n) is 7.90. The van der Waals surface area contributed by atoms with Gasteiger partial charge < -0.3 is 9.52 Å². The monoisotopic (exact) mass is 312 g/mol. The molecule has 1 aliphatic rings. The molecule has 23 heavy (non-hydrogen) atoms. The molecule has 1 aliphatic heterocycles. The molecule has 0 spiro atoms. The molecule has 2 heterocycles. The summed E-state index contributed by atoms with van der Waals surface area (Å²) in [6.45, 7) is 10.1. The van der Waals surface area contributed by atoms with Crippen molar-refractivity contribution in [1.29, 1.82) is 0 Å². The van der Waals surface area contributed by atoms with Crippen molar-refractivity contribution >= 4 is 12.0 Å². The summed E-state index contributed by atoms with van der Waals surface area (Å²) in [4.78, 5) is 11.4. The quantitative estimate of drug-likeness (QED) is 0.774. The minimum atomic E-state index is -0.859. The van der Waals surface area contributed by atoms with Crippen molar-refractivity contribution in [2.75, 3.05) is 0 Å². The van der Waals surface area contributed by atoms with Gasteiger partial charge in [0.2, 0.25) is 0 Å². The molecule has 1 aromatic heterocycles. The third-order valence-corrected chi connectivity index (χ3v) is 4.23. The third-order valence-electron chi connectivity index (χ3n) is 4.23. The highest BCUT2D eigenvalue weighted by Gasteiger charge is 2.18. The molecular formula is C20H24O3. The Morgan fingerprint density at radius 3 is 2.78 bits per heavy atom.